The second-order valence-electron chi connectivity index (χ2n) is 11.1. The van der Waals surface area contributed by atoms with Crippen molar-refractivity contribution in [2.45, 2.75) is 63.9 Å². The predicted octanol–water partition coefficient (Wildman–Crippen LogP) is 4.16. The van der Waals surface area contributed by atoms with Gasteiger partial charge >= 0.3 is 13.7 Å². The highest BCUT2D eigenvalue weighted by Crippen LogP contribution is 2.44. The summed E-state index contributed by atoms with van der Waals surface area (Å²) in [5.41, 5.74) is 0.0642. The maximum absolute atomic E-state index is 13.4. The van der Waals surface area contributed by atoms with Gasteiger partial charge in [-0.25, -0.2) is 8.78 Å². The molecule has 0 unspecified atom stereocenters. The van der Waals surface area contributed by atoms with Gasteiger partial charge in [0.2, 0.25) is 0 Å². The number of nitrogens with one attached hydrogen (secondary N) is 1. The second kappa shape index (κ2) is 9.63. The van der Waals surface area contributed by atoms with Crippen molar-refractivity contribution in [3.63, 3.8) is 0 Å². The van der Waals surface area contributed by atoms with Crippen LogP contribution in [0.4, 0.5) is 17.6 Å². The van der Waals surface area contributed by atoms with Gasteiger partial charge in [-0.3, -0.25) is 9.48 Å². The van der Waals surface area contributed by atoms with Crippen molar-refractivity contribution in [1.82, 2.24) is 15.1 Å². The summed E-state index contributed by atoms with van der Waals surface area (Å²) in [4.78, 5) is 12.9. The second-order valence-corrected chi connectivity index (χ2v) is 11.1. The summed E-state index contributed by atoms with van der Waals surface area (Å²) < 4.78 is 77.4. The number of fused-ring (bicyclic) bond motifs is 1. The number of hydrogen-bond acceptors (Lipinski definition) is 7. The van der Waals surface area contributed by atoms with Gasteiger partial charge in [-0.2, -0.15) is 19.1 Å². The molecule has 1 amide bonds. The molecule has 0 spiro atoms. The number of aromatic nitrogens is 2. The monoisotopic (exact) mass is 574 g/mol. The van der Waals surface area contributed by atoms with Crippen LogP contribution in [0, 0.1) is 11.3 Å². The van der Waals surface area contributed by atoms with E-state index in [2.05, 4.69) is 21.2 Å². The third-order valence-electron chi connectivity index (χ3n) is 7.74. The topological polar surface area (TPSA) is 108 Å². The van der Waals surface area contributed by atoms with Gasteiger partial charge in [-0.05, 0) is 57.4 Å². The fourth-order valence-electron chi connectivity index (χ4n) is 4.78. The normalized spacial score (nSPS) is 20.2. The van der Waals surface area contributed by atoms with Gasteiger partial charge in [0.15, 0.2) is 0 Å². The first kappa shape index (κ1) is 28.7. The molecule has 2 aromatic carbocycles. The highest BCUT2D eigenvalue weighted by Gasteiger charge is 2.58. The van der Waals surface area contributed by atoms with Crippen LogP contribution in [0.25, 0.3) is 22.2 Å². The van der Waals surface area contributed by atoms with Crippen molar-refractivity contribution in [2.24, 2.45) is 7.05 Å². The molecule has 1 saturated heterocycles. The summed E-state index contributed by atoms with van der Waals surface area (Å²) in [5, 5.41) is 17.1. The molecule has 1 saturated carbocycles. The molecular weight excluding hydrogens is 547 g/mol. The molecule has 0 radical (unpaired) electrons. The Kier molecular flexibility index (Phi) is 6.74. The minimum atomic E-state index is -3.33. The minimum Gasteiger partial charge on any atom is -0.496 e. The Morgan fingerprint density at radius 3 is 2.32 bits per heavy atom. The van der Waals surface area contributed by atoms with E-state index in [1.807, 2.05) is 27.7 Å². The fourth-order valence-corrected chi connectivity index (χ4v) is 4.78. The molecule has 1 aliphatic heterocycles. The van der Waals surface area contributed by atoms with Crippen LogP contribution in [0.2, 0.25) is 0 Å². The number of amides is 1. The molecule has 1 aliphatic carbocycles. The first-order chi connectivity index (χ1) is 19.1. The highest BCUT2D eigenvalue weighted by atomic mass is 19.3. The molecule has 41 heavy (non-hydrogen) atoms. The average molecular weight is 574 g/mol. The van der Waals surface area contributed by atoms with Gasteiger partial charge in [0, 0.05) is 24.4 Å². The summed E-state index contributed by atoms with van der Waals surface area (Å²) in [6.45, 7) is 4.29. The molecule has 9 nitrogen and oxygen atoms in total. The van der Waals surface area contributed by atoms with Gasteiger partial charge in [-0.15, -0.1) is 0 Å². The van der Waals surface area contributed by atoms with Crippen LogP contribution in [-0.4, -0.2) is 59.7 Å². The van der Waals surface area contributed by atoms with Gasteiger partial charge in [0.1, 0.15) is 17.1 Å². The lowest BCUT2D eigenvalue weighted by Crippen LogP contribution is -2.41. The molecule has 5 rings (SSSR count). The molecule has 2 fully saturated rings. The molecule has 1 aromatic heterocycles. The van der Waals surface area contributed by atoms with Gasteiger partial charge in [0.25, 0.3) is 11.8 Å². The fraction of sp³-hybridized carbons (Fsp3) is 0.444. The molecule has 14 heteroatoms. The number of hydrogen-bond donors (Lipinski definition) is 1. The molecule has 3 aromatic rings. The molecule has 2 aliphatic rings. The van der Waals surface area contributed by atoms with Crippen LogP contribution >= 0.6 is 0 Å². The number of methoxy groups -OCH3 is 1. The van der Waals surface area contributed by atoms with Crippen molar-refractivity contribution in [3.8, 4) is 28.8 Å². The quantitative estimate of drug-likeness (QED) is 0.334. The number of carbonyl (C=O) groups excluding carboxylic acids is 1. The maximum atomic E-state index is 13.4. The van der Waals surface area contributed by atoms with E-state index in [9.17, 15) is 27.6 Å². The van der Waals surface area contributed by atoms with E-state index in [0.717, 1.165) is 6.07 Å². The number of nitrogens with zero attached hydrogens (tertiary/aromatic N) is 3. The summed E-state index contributed by atoms with van der Waals surface area (Å²) in [6.07, 6.45) is -0.559. The van der Waals surface area contributed by atoms with Crippen LogP contribution in [-0.2, 0) is 16.4 Å². The Hall–Kier alpha value is -3.83. The predicted molar refractivity (Wildman–Crippen MR) is 141 cm³/mol. The van der Waals surface area contributed by atoms with E-state index in [1.54, 1.807) is 19.2 Å². The van der Waals surface area contributed by atoms with Crippen molar-refractivity contribution in [1.29, 1.82) is 5.26 Å². The molecule has 2 heterocycles. The zero-order valence-corrected chi connectivity index (χ0v) is 23.1. The standard InChI is InChI=1S/C27H27BF4N4O5/c1-25(2)26(3,4)41-28(40-25)15-7-14(12-33)20-16(10-15)35-36(5)22(20)13-8-17(38-6)21(18(9-13)39-24(29)30)23(37)34-19-11-27(19,31)32/h7-10,19,24H,11H2,1-6H3,(H,34,37)/t19-/m1/s1. The zero-order valence-electron chi connectivity index (χ0n) is 23.1. The number of carbonyl (C=O) groups is 1. The Bertz CT molecular complexity index is 1580. The van der Waals surface area contributed by atoms with E-state index >= 15 is 0 Å². The Labute approximate surface area is 233 Å². The lowest BCUT2D eigenvalue weighted by Gasteiger charge is -2.32. The largest absolute Gasteiger partial charge is 0.496 e. The smallest absolute Gasteiger partial charge is 0.494 e. The van der Waals surface area contributed by atoms with E-state index in [4.69, 9.17) is 14.0 Å². The SMILES string of the molecule is COc1cc(-c2c3c(C#N)cc(B4OC(C)(C)C(C)(C)O4)cc3nn2C)cc(OC(F)F)c1C(=O)N[C@@H]1CC1(F)F. The minimum absolute atomic E-state index is 0.193. The highest BCUT2D eigenvalue weighted by molar-refractivity contribution is 6.62. The first-order valence-corrected chi connectivity index (χ1v) is 12.7. The number of benzene rings is 2. The van der Waals surface area contributed by atoms with Crippen molar-refractivity contribution in [3.05, 3.63) is 35.4 Å². The van der Waals surface area contributed by atoms with Crippen molar-refractivity contribution >= 4 is 29.4 Å². The lowest BCUT2D eigenvalue weighted by atomic mass is 9.77. The summed E-state index contributed by atoms with van der Waals surface area (Å²) in [7, 11) is 2.04. The number of alkyl halides is 4. The molecule has 1 N–H and O–H groups in total. The summed E-state index contributed by atoms with van der Waals surface area (Å²) >= 11 is 0. The van der Waals surface area contributed by atoms with Crippen LogP contribution in [0.15, 0.2) is 24.3 Å². The van der Waals surface area contributed by atoms with E-state index in [1.165, 1.54) is 17.9 Å². The number of ether oxygens (including phenoxy) is 2. The third kappa shape index (κ3) is 4.97. The maximum Gasteiger partial charge on any atom is 0.494 e. The molecular formula is C27H27BF4N4O5. The van der Waals surface area contributed by atoms with E-state index < -0.39 is 60.5 Å². The lowest BCUT2D eigenvalue weighted by molar-refractivity contribution is -0.0502. The van der Waals surface area contributed by atoms with Gasteiger partial charge < -0.3 is 24.1 Å². The zero-order chi connectivity index (χ0) is 30.1. The van der Waals surface area contributed by atoms with Crippen LogP contribution in [0.1, 0.15) is 50.0 Å². The third-order valence-corrected chi connectivity index (χ3v) is 7.74. The number of aryl methyl sites for hydroxylation is 1. The Morgan fingerprint density at radius 2 is 1.78 bits per heavy atom. The first-order valence-electron chi connectivity index (χ1n) is 12.7. The molecule has 1 atom stereocenters. The number of rotatable bonds is 7. The van der Waals surface area contributed by atoms with Gasteiger partial charge in [0.05, 0.1) is 47.2 Å². The Balaban J connectivity index is 1.63. The molecule has 216 valence electrons. The van der Waals surface area contributed by atoms with E-state index in [-0.39, 0.29) is 16.9 Å². The number of nitriles is 1. The summed E-state index contributed by atoms with van der Waals surface area (Å²) in [6, 6.07) is 6.60. The average Bonchev–Trinajstić information content (AvgIpc) is 3.20. The number of halogens is 4. The molecule has 0 bridgehead atoms. The summed E-state index contributed by atoms with van der Waals surface area (Å²) in [5.74, 6) is -4.91. The Morgan fingerprint density at radius 1 is 1.17 bits per heavy atom. The van der Waals surface area contributed by atoms with Crippen LogP contribution in [0.5, 0.6) is 11.5 Å². The van der Waals surface area contributed by atoms with Crippen molar-refractivity contribution < 1.29 is 41.1 Å². The van der Waals surface area contributed by atoms with Gasteiger partial charge in [-0.1, -0.05) is 0 Å². The van der Waals surface area contributed by atoms with Crippen LogP contribution < -0.4 is 20.3 Å². The van der Waals surface area contributed by atoms with E-state index in [0.29, 0.717) is 22.1 Å². The van der Waals surface area contributed by atoms with Crippen LogP contribution in [0.3, 0.4) is 0 Å². The van der Waals surface area contributed by atoms with Crippen molar-refractivity contribution in [2.75, 3.05) is 7.11 Å².